The molecule has 0 radical (unpaired) electrons. The molecule has 1 aromatic carbocycles. The van der Waals surface area contributed by atoms with Crippen molar-refractivity contribution in [2.45, 2.75) is 32.8 Å². The van der Waals surface area contributed by atoms with Gasteiger partial charge in [-0.05, 0) is 41.4 Å². The van der Waals surface area contributed by atoms with E-state index in [1.54, 1.807) is 0 Å². The summed E-state index contributed by atoms with van der Waals surface area (Å²) in [6, 6.07) is 5.72. The van der Waals surface area contributed by atoms with Crippen molar-refractivity contribution in [3.8, 4) is 5.75 Å². The Morgan fingerprint density at radius 2 is 2.25 bits per heavy atom. The van der Waals surface area contributed by atoms with Crippen LogP contribution in [-0.2, 0) is 0 Å². The highest BCUT2D eigenvalue weighted by molar-refractivity contribution is 9.10. The average Bonchev–Trinajstić information content (AvgIpc) is 2.17. The number of hydrogen-bond donors (Lipinski definition) is 1. The van der Waals surface area contributed by atoms with Crippen molar-refractivity contribution in [1.82, 2.24) is 0 Å². The molecular formula is C12H16BrNOS. The van der Waals surface area contributed by atoms with Gasteiger partial charge >= 0.3 is 0 Å². The summed E-state index contributed by atoms with van der Waals surface area (Å²) in [5.74, 6) is 0.753. The fourth-order valence-electron chi connectivity index (χ4n) is 1.52. The monoisotopic (exact) mass is 301 g/mol. The van der Waals surface area contributed by atoms with Crippen LogP contribution in [-0.4, -0.2) is 11.1 Å². The average molecular weight is 302 g/mol. The van der Waals surface area contributed by atoms with Gasteiger partial charge in [0, 0.05) is 4.47 Å². The van der Waals surface area contributed by atoms with Gasteiger partial charge < -0.3 is 10.5 Å². The minimum atomic E-state index is 0.174. The molecule has 0 saturated heterocycles. The largest absolute Gasteiger partial charge is 0.490 e. The van der Waals surface area contributed by atoms with E-state index in [0.717, 1.165) is 28.6 Å². The fourth-order valence-corrected chi connectivity index (χ4v) is 2.43. The van der Waals surface area contributed by atoms with E-state index in [1.165, 1.54) is 0 Å². The molecular weight excluding hydrogens is 286 g/mol. The zero-order valence-corrected chi connectivity index (χ0v) is 11.9. The van der Waals surface area contributed by atoms with Crippen LogP contribution in [0.1, 0.15) is 32.3 Å². The molecule has 1 unspecified atom stereocenters. The molecule has 1 aromatic rings. The van der Waals surface area contributed by atoms with E-state index in [2.05, 4.69) is 22.9 Å². The lowest BCUT2D eigenvalue weighted by Gasteiger charge is -2.17. The van der Waals surface area contributed by atoms with Gasteiger partial charge in [-0.1, -0.05) is 31.6 Å². The first-order valence-corrected chi connectivity index (χ1v) is 6.51. The Morgan fingerprint density at radius 3 is 2.81 bits per heavy atom. The van der Waals surface area contributed by atoms with Gasteiger partial charge in [-0.15, -0.1) is 0 Å². The first-order valence-electron chi connectivity index (χ1n) is 5.31. The van der Waals surface area contributed by atoms with E-state index in [1.807, 2.05) is 25.1 Å². The summed E-state index contributed by atoms with van der Waals surface area (Å²) in [4.78, 5) is 0.353. The maximum atomic E-state index is 5.83. The van der Waals surface area contributed by atoms with Gasteiger partial charge in [0.05, 0.1) is 11.7 Å². The van der Waals surface area contributed by atoms with Crippen LogP contribution in [0.15, 0.2) is 22.7 Å². The molecule has 0 aliphatic carbocycles. The molecule has 0 saturated carbocycles. The summed E-state index contributed by atoms with van der Waals surface area (Å²) < 4.78 is 6.71. The molecule has 2 N–H and O–H groups in total. The first kappa shape index (κ1) is 13.5. The van der Waals surface area contributed by atoms with E-state index in [-0.39, 0.29) is 6.10 Å². The molecule has 0 amide bonds. The molecule has 0 heterocycles. The van der Waals surface area contributed by atoms with E-state index in [9.17, 15) is 0 Å². The Kier molecular flexibility index (Phi) is 5.22. The normalized spacial score (nSPS) is 12.2. The van der Waals surface area contributed by atoms with Crippen molar-refractivity contribution in [3.63, 3.8) is 0 Å². The number of nitrogens with two attached hydrogens (primary N) is 1. The van der Waals surface area contributed by atoms with E-state index < -0.39 is 0 Å². The highest BCUT2D eigenvalue weighted by Crippen LogP contribution is 2.27. The number of ether oxygens (including phenoxy) is 1. The number of rotatable bonds is 5. The second kappa shape index (κ2) is 6.21. The van der Waals surface area contributed by atoms with Crippen LogP contribution in [0.5, 0.6) is 5.75 Å². The van der Waals surface area contributed by atoms with Crippen LogP contribution in [0.4, 0.5) is 0 Å². The zero-order chi connectivity index (χ0) is 12.1. The van der Waals surface area contributed by atoms with Crippen molar-refractivity contribution in [1.29, 1.82) is 0 Å². The maximum Gasteiger partial charge on any atom is 0.131 e. The summed E-state index contributed by atoms with van der Waals surface area (Å²) in [6.07, 6.45) is 2.29. The van der Waals surface area contributed by atoms with E-state index in [4.69, 9.17) is 22.7 Å². The lowest BCUT2D eigenvalue weighted by molar-refractivity contribution is 0.209. The SMILES string of the molecule is CCCC(C)Oc1cccc(Br)c1C(N)=S. The molecule has 0 aliphatic rings. The van der Waals surface area contributed by atoms with Gasteiger partial charge in [-0.2, -0.15) is 0 Å². The standard InChI is InChI=1S/C12H16BrNOS/c1-3-5-8(2)15-10-7-4-6-9(13)11(10)12(14)16/h4,6-8H,3,5H2,1-2H3,(H2,14,16). The smallest absolute Gasteiger partial charge is 0.131 e. The molecule has 4 heteroatoms. The second-order valence-corrected chi connectivity index (χ2v) is 4.99. The Labute approximate surface area is 110 Å². The number of hydrogen-bond acceptors (Lipinski definition) is 2. The molecule has 0 aliphatic heterocycles. The molecule has 88 valence electrons. The first-order chi connectivity index (χ1) is 7.56. The highest BCUT2D eigenvalue weighted by atomic mass is 79.9. The van der Waals surface area contributed by atoms with Gasteiger partial charge in [0.2, 0.25) is 0 Å². The molecule has 1 atom stereocenters. The summed E-state index contributed by atoms with van der Waals surface area (Å²) in [7, 11) is 0. The molecule has 0 spiro atoms. The van der Waals surface area contributed by atoms with Crippen LogP contribution in [0.3, 0.4) is 0 Å². The van der Waals surface area contributed by atoms with Gasteiger partial charge in [-0.3, -0.25) is 0 Å². The Morgan fingerprint density at radius 1 is 1.56 bits per heavy atom. The molecule has 0 bridgehead atoms. The number of benzene rings is 1. The number of thiocarbonyl (C=S) groups is 1. The Balaban J connectivity index is 2.95. The lowest BCUT2D eigenvalue weighted by Crippen LogP contribution is -2.17. The summed E-state index contributed by atoms with van der Waals surface area (Å²) in [5, 5.41) is 0. The third kappa shape index (κ3) is 3.46. The predicted molar refractivity (Wildman–Crippen MR) is 75.0 cm³/mol. The van der Waals surface area contributed by atoms with Crippen LogP contribution in [0.2, 0.25) is 0 Å². The van der Waals surface area contributed by atoms with Crippen molar-refractivity contribution < 1.29 is 4.74 Å². The molecule has 0 aromatic heterocycles. The van der Waals surface area contributed by atoms with Crippen molar-refractivity contribution >= 4 is 33.1 Å². The highest BCUT2D eigenvalue weighted by Gasteiger charge is 2.12. The van der Waals surface area contributed by atoms with Crippen molar-refractivity contribution in [2.24, 2.45) is 5.73 Å². The second-order valence-electron chi connectivity index (χ2n) is 3.69. The van der Waals surface area contributed by atoms with Gasteiger partial charge in [0.25, 0.3) is 0 Å². The molecule has 0 fully saturated rings. The Hall–Kier alpha value is -0.610. The topological polar surface area (TPSA) is 35.2 Å². The van der Waals surface area contributed by atoms with Crippen LogP contribution in [0.25, 0.3) is 0 Å². The summed E-state index contributed by atoms with van der Waals surface area (Å²) in [6.45, 7) is 4.18. The minimum absolute atomic E-state index is 0.174. The third-order valence-electron chi connectivity index (χ3n) is 2.25. The summed E-state index contributed by atoms with van der Waals surface area (Å²) in [5.41, 5.74) is 6.46. The minimum Gasteiger partial charge on any atom is -0.490 e. The zero-order valence-electron chi connectivity index (χ0n) is 9.50. The third-order valence-corrected chi connectivity index (χ3v) is 3.11. The van der Waals surface area contributed by atoms with Crippen molar-refractivity contribution in [2.75, 3.05) is 0 Å². The molecule has 16 heavy (non-hydrogen) atoms. The van der Waals surface area contributed by atoms with Gasteiger partial charge in [0.15, 0.2) is 0 Å². The maximum absolute atomic E-state index is 5.83. The molecule has 1 rings (SSSR count). The van der Waals surface area contributed by atoms with Gasteiger partial charge in [-0.25, -0.2) is 0 Å². The van der Waals surface area contributed by atoms with Gasteiger partial charge in [0.1, 0.15) is 10.7 Å². The number of halogens is 1. The van der Waals surface area contributed by atoms with Crippen molar-refractivity contribution in [3.05, 3.63) is 28.2 Å². The predicted octanol–water partition coefficient (Wildman–Crippen LogP) is 3.65. The quantitative estimate of drug-likeness (QED) is 0.843. The lowest BCUT2D eigenvalue weighted by atomic mass is 10.2. The summed E-state index contributed by atoms with van der Waals surface area (Å²) >= 11 is 8.45. The van der Waals surface area contributed by atoms with E-state index >= 15 is 0 Å². The van der Waals surface area contributed by atoms with Crippen LogP contribution < -0.4 is 10.5 Å². The molecule has 2 nitrogen and oxygen atoms in total. The van der Waals surface area contributed by atoms with E-state index in [0.29, 0.717) is 4.99 Å². The van der Waals surface area contributed by atoms with Crippen LogP contribution >= 0.6 is 28.1 Å². The Bertz CT molecular complexity index is 381. The van der Waals surface area contributed by atoms with Crippen LogP contribution in [0, 0.1) is 0 Å². The fraction of sp³-hybridized carbons (Fsp3) is 0.417.